The van der Waals surface area contributed by atoms with E-state index in [0.29, 0.717) is 11.3 Å². The van der Waals surface area contributed by atoms with E-state index in [1.807, 2.05) is 13.8 Å². The largest absolute Gasteiger partial charge is 0.511 e. The molecule has 2 fully saturated rings. The summed E-state index contributed by atoms with van der Waals surface area (Å²) in [5.74, 6) is -1.40. The molecule has 2 aliphatic heterocycles. The van der Waals surface area contributed by atoms with Crippen molar-refractivity contribution in [1.82, 2.24) is 10.2 Å². The second kappa shape index (κ2) is 10.5. The highest BCUT2D eigenvalue weighted by molar-refractivity contribution is 8.01. The normalized spacial score (nSPS) is 23.3. The van der Waals surface area contributed by atoms with E-state index < -0.39 is 40.6 Å². The summed E-state index contributed by atoms with van der Waals surface area (Å²) < 4.78 is 14.1. The van der Waals surface area contributed by atoms with Gasteiger partial charge in [-0.15, -0.1) is 24.2 Å². The molecule has 12 heteroatoms. The lowest BCUT2D eigenvalue weighted by Crippen LogP contribution is -2.71. The Hall–Kier alpha value is -2.66. The molecule has 33 heavy (non-hydrogen) atoms. The lowest BCUT2D eigenvalue weighted by atomic mass is 9.95. The molecule has 2 aliphatic rings. The van der Waals surface area contributed by atoms with E-state index in [0.717, 1.165) is 0 Å². The lowest BCUT2D eigenvalue weighted by Gasteiger charge is -2.44. The molecule has 2 amide bonds. The highest BCUT2D eigenvalue weighted by atomic mass is 35.5. The summed E-state index contributed by atoms with van der Waals surface area (Å²) in [6.45, 7) is 6.76. The van der Waals surface area contributed by atoms with Crippen LogP contribution in [0.4, 0.5) is 10.5 Å². The zero-order valence-electron chi connectivity index (χ0n) is 18.7. The van der Waals surface area contributed by atoms with Crippen molar-refractivity contribution >= 4 is 53.8 Å². The van der Waals surface area contributed by atoms with E-state index in [1.165, 1.54) is 23.6 Å². The minimum Gasteiger partial charge on any atom is -0.435 e. The maximum absolute atomic E-state index is 12.8. The molecule has 0 radical (unpaired) electrons. The summed E-state index contributed by atoms with van der Waals surface area (Å²) in [7, 11) is 0. The van der Waals surface area contributed by atoms with Crippen LogP contribution in [-0.2, 0) is 35.0 Å². The maximum atomic E-state index is 12.8. The van der Waals surface area contributed by atoms with Gasteiger partial charge in [0.2, 0.25) is 18.1 Å². The van der Waals surface area contributed by atoms with Gasteiger partial charge in [0.25, 0.3) is 0 Å². The molecule has 10 nitrogen and oxygen atoms in total. The predicted octanol–water partition coefficient (Wildman–Crippen LogP) is 1.84. The van der Waals surface area contributed by atoms with Gasteiger partial charge in [0.1, 0.15) is 17.5 Å². The summed E-state index contributed by atoms with van der Waals surface area (Å²) in [5.41, 5.74) is 7.06. The van der Waals surface area contributed by atoms with Gasteiger partial charge in [-0.25, -0.2) is 9.59 Å². The minimum atomic E-state index is -1.18. The van der Waals surface area contributed by atoms with Gasteiger partial charge in [0.05, 0.1) is 13.0 Å². The van der Waals surface area contributed by atoms with E-state index in [-0.39, 0.29) is 37.2 Å². The Kier molecular flexibility index (Phi) is 8.47. The second-order valence-electron chi connectivity index (χ2n) is 7.99. The fourth-order valence-corrected chi connectivity index (χ4v) is 5.38. The molecule has 2 unspecified atom stereocenters. The summed E-state index contributed by atoms with van der Waals surface area (Å²) >= 11 is 1.40. The fraction of sp³-hybridized carbons (Fsp3) is 0.524. The number of β-lactam (4-membered cyclic amide) rings is 1. The number of benzene rings is 1. The van der Waals surface area contributed by atoms with Gasteiger partial charge in [-0.3, -0.25) is 9.59 Å². The molecule has 0 saturated carbocycles. The van der Waals surface area contributed by atoms with Crippen molar-refractivity contribution in [2.45, 2.75) is 62.6 Å². The minimum absolute atomic E-state index is 0. The van der Waals surface area contributed by atoms with E-state index in [9.17, 15) is 19.2 Å². The fourth-order valence-electron chi connectivity index (χ4n) is 3.76. The number of rotatable bonds is 7. The van der Waals surface area contributed by atoms with Crippen LogP contribution in [0.1, 0.15) is 33.3 Å². The number of halogens is 1. The first-order chi connectivity index (χ1) is 15.0. The van der Waals surface area contributed by atoms with Gasteiger partial charge in [0, 0.05) is 17.4 Å². The molecule has 0 aromatic heterocycles. The summed E-state index contributed by atoms with van der Waals surface area (Å²) in [5, 5.41) is 2.34. The average Bonchev–Trinajstić information content (AvgIpc) is 2.96. The van der Waals surface area contributed by atoms with Crippen LogP contribution in [0.2, 0.25) is 0 Å². The number of carbonyl (C=O) groups is 4. The second-order valence-corrected chi connectivity index (χ2v) is 9.76. The molecule has 3 N–H and O–H groups in total. The first kappa shape index (κ1) is 26.6. The number of ether oxygens (including phenoxy) is 3. The van der Waals surface area contributed by atoms with E-state index >= 15 is 0 Å². The number of para-hydroxylation sites is 1. The van der Waals surface area contributed by atoms with Gasteiger partial charge in [-0.1, -0.05) is 18.2 Å². The number of carbonyl (C=O) groups excluding carboxylic acids is 4. The topological polar surface area (TPSA) is 137 Å². The number of nitrogens with one attached hydrogen (secondary N) is 1. The Labute approximate surface area is 202 Å². The van der Waals surface area contributed by atoms with Crippen molar-refractivity contribution < 1.29 is 33.4 Å². The molecule has 1 aromatic carbocycles. The third-order valence-electron chi connectivity index (χ3n) is 5.19. The van der Waals surface area contributed by atoms with Crippen LogP contribution < -0.4 is 11.1 Å². The third-order valence-corrected chi connectivity index (χ3v) is 6.76. The van der Waals surface area contributed by atoms with Crippen molar-refractivity contribution in [1.29, 1.82) is 0 Å². The SMILES string of the molecule is CCOC(=O)OC(C)OC(=O)[C@@H]1N2C(=O)C(NC(=O)Cc3ccccc3N)[C@H]2SC1(C)C.Cl. The number of esters is 1. The van der Waals surface area contributed by atoms with Crippen LogP contribution in [0.25, 0.3) is 0 Å². The summed E-state index contributed by atoms with van der Waals surface area (Å²) in [6.07, 6.45) is -2.08. The number of anilines is 1. The molecule has 0 aliphatic carbocycles. The molecule has 4 atom stereocenters. The summed E-state index contributed by atoms with van der Waals surface area (Å²) in [4.78, 5) is 50.9. The molecule has 0 spiro atoms. The standard InChI is InChI=1S/C21H27N3O7S.ClH/c1-5-29-20(28)31-11(2)30-19(27)16-21(3,4)32-18-15(17(26)24(16)18)23-14(25)10-12-8-6-7-9-13(12)22;/h6-9,11,15-16,18H,5,10,22H2,1-4H3,(H,23,25);1H/t11?,15?,16-,18+;/m0./s1. The Morgan fingerprint density at radius 2 is 1.91 bits per heavy atom. The van der Waals surface area contributed by atoms with E-state index in [1.54, 1.807) is 31.2 Å². The highest BCUT2D eigenvalue weighted by Crippen LogP contribution is 2.51. The smallest absolute Gasteiger partial charge is 0.435 e. The zero-order chi connectivity index (χ0) is 23.6. The third kappa shape index (κ3) is 5.64. The number of amides is 2. The quantitative estimate of drug-likeness (QED) is 0.248. The Morgan fingerprint density at radius 1 is 1.24 bits per heavy atom. The number of hydrogen-bond donors (Lipinski definition) is 2. The van der Waals surface area contributed by atoms with Crippen LogP contribution in [0.5, 0.6) is 0 Å². The Bertz CT molecular complexity index is 929. The van der Waals surface area contributed by atoms with Gasteiger partial charge in [-0.05, 0) is 32.4 Å². The predicted molar refractivity (Wildman–Crippen MR) is 123 cm³/mol. The monoisotopic (exact) mass is 501 g/mol. The number of hydrogen-bond acceptors (Lipinski definition) is 9. The van der Waals surface area contributed by atoms with Gasteiger partial charge < -0.3 is 30.2 Å². The molecule has 2 heterocycles. The Balaban J connectivity index is 0.00000385. The number of fused-ring (bicyclic) bond motifs is 1. The van der Waals surface area contributed by atoms with Crippen LogP contribution >= 0.6 is 24.2 Å². The molecule has 1 aromatic rings. The lowest BCUT2D eigenvalue weighted by molar-refractivity contribution is -0.180. The van der Waals surface area contributed by atoms with Crippen LogP contribution in [0.15, 0.2) is 24.3 Å². The molecule has 0 bridgehead atoms. The van der Waals surface area contributed by atoms with Crippen LogP contribution in [0.3, 0.4) is 0 Å². The van der Waals surface area contributed by atoms with E-state index in [2.05, 4.69) is 10.1 Å². The van der Waals surface area contributed by atoms with Crippen molar-refractivity contribution in [3.8, 4) is 0 Å². The molecule has 3 rings (SSSR count). The first-order valence-electron chi connectivity index (χ1n) is 10.2. The number of nitrogens with zero attached hydrogens (tertiary/aromatic N) is 1. The van der Waals surface area contributed by atoms with Gasteiger partial charge >= 0.3 is 12.1 Å². The van der Waals surface area contributed by atoms with Crippen molar-refractivity contribution in [3.05, 3.63) is 29.8 Å². The van der Waals surface area contributed by atoms with Crippen molar-refractivity contribution in [3.63, 3.8) is 0 Å². The number of nitrogens with two attached hydrogens (primary N) is 1. The molecule has 2 saturated heterocycles. The average molecular weight is 502 g/mol. The molecule has 182 valence electrons. The molecular formula is C21H28ClN3O7S. The van der Waals surface area contributed by atoms with Gasteiger partial charge in [0.15, 0.2) is 0 Å². The van der Waals surface area contributed by atoms with Crippen LogP contribution in [-0.4, -0.2) is 63.9 Å². The first-order valence-corrected chi connectivity index (χ1v) is 11.1. The van der Waals surface area contributed by atoms with Crippen molar-refractivity contribution in [2.75, 3.05) is 12.3 Å². The van der Waals surface area contributed by atoms with Crippen molar-refractivity contribution in [2.24, 2.45) is 0 Å². The Morgan fingerprint density at radius 3 is 2.55 bits per heavy atom. The summed E-state index contributed by atoms with van der Waals surface area (Å²) in [6, 6.07) is 5.38. The zero-order valence-corrected chi connectivity index (χ0v) is 20.4. The highest BCUT2D eigenvalue weighted by Gasteiger charge is 2.64. The number of thioether (sulfide) groups is 1. The maximum Gasteiger partial charge on any atom is 0.511 e. The van der Waals surface area contributed by atoms with Gasteiger partial charge in [-0.2, -0.15) is 0 Å². The molecular weight excluding hydrogens is 474 g/mol. The van der Waals surface area contributed by atoms with E-state index in [4.69, 9.17) is 15.2 Å². The number of nitrogen functional groups attached to an aromatic ring is 1. The van der Waals surface area contributed by atoms with Crippen LogP contribution in [0, 0.1) is 0 Å².